The van der Waals surface area contributed by atoms with Crippen molar-refractivity contribution in [2.45, 2.75) is 64.8 Å². The predicted octanol–water partition coefficient (Wildman–Crippen LogP) is 3.12. The Balaban J connectivity index is 2.50. The highest BCUT2D eigenvalue weighted by atomic mass is 16.6. The number of nitrogens with one attached hydrogen (secondary N) is 1. The van der Waals surface area contributed by atoms with Crippen LogP contribution >= 0.6 is 0 Å². The Bertz CT molecular complexity index is 508. The van der Waals surface area contributed by atoms with Gasteiger partial charge in [-0.15, -0.1) is 0 Å². The molecule has 0 fully saturated rings. The van der Waals surface area contributed by atoms with Gasteiger partial charge in [0.2, 0.25) is 0 Å². The normalized spacial score (nSPS) is 14.4. The van der Waals surface area contributed by atoms with Gasteiger partial charge in [-0.1, -0.05) is 38.1 Å². The van der Waals surface area contributed by atoms with Crippen LogP contribution in [0.25, 0.3) is 0 Å². The van der Waals surface area contributed by atoms with Crippen molar-refractivity contribution in [3.8, 4) is 0 Å². The van der Waals surface area contributed by atoms with E-state index >= 15 is 0 Å². The van der Waals surface area contributed by atoms with Crippen LogP contribution in [0.3, 0.4) is 0 Å². The van der Waals surface area contributed by atoms with Gasteiger partial charge in [-0.05, 0) is 44.2 Å². The van der Waals surface area contributed by atoms with Crippen molar-refractivity contribution in [1.29, 1.82) is 0 Å². The maximum atomic E-state index is 11.5. The summed E-state index contributed by atoms with van der Waals surface area (Å²) >= 11 is 0. The molecular weight excluding hydrogens is 294 g/mol. The molecule has 5 nitrogen and oxygen atoms in total. The average molecular weight is 323 g/mol. The van der Waals surface area contributed by atoms with Crippen molar-refractivity contribution >= 4 is 6.09 Å². The van der Waals surface area contributed by atoms with Crippen LogP contribution in [0.1, 0.15) is 64.2 Å². The Morgan fingerprint density at radius 3 is 2.39 bits per heavy atom. The summed E-state index contributed by atoms with van der Waals surface area (Å²) < 4.78 is 5.11. The Hall–Kier alpha value is -1.59. The molecule has 0 saturated carbocycles. The van der Waals surface area contributed by atoms with Gasteiger partial charge in [0.1, 0.15) is 11.7 Å². The van der Waals surface area contributed by atoms with Crippen LogP contribution in [0.5, 0.6) is 0 Å². The van der Waals surface area contributed by atoms with Crippen molar-refractivity contribution in [2.24, 2.45) is 0 Å². The van der Waals surface area contributed by atoms with E-state index in [9.17, 15) is 15.0 Å². The van der Waals surface area contributed by atoms with Gasteiger partial charge in [-0.25, -0.2) is 4.79 Å². The number of amides is 1. The van der Waals surface area contributed by atoms with Crippen molar-refractivity contribution in [3.05, 3.63) is 35.4 Å². The molecule has 0 heterocycles. The van der Waals surface area contributed by atoms with E-state index in [1.807, 2.05) is 18.2 Å². The number of alkyl carbamates (subject to hydrolysis) is 1. The zero-order chi connectivity index (χ0) is 17.6. The van der Waals surface area contributed by atoms with Gasteiger partial charge in [-0.2, -0.15) is 0 Å². The minimum absolute atomic E-state index is 0.233. The molecule has 0 spiro atoms. The minimum Gasteiger partial charge on any atom is -0.444 e. The van der Waals surface area contributed by atoms with Crippen LogP contribution in [0.15, 0.2) is 24.3 Å². The molecule has 1 aromatic rings. The number of benzene rings is 1. The third-order valence-corrected chi connectivity index (χ3v) is 3.39. The summed E-state index contributed by atoms with van der Waals surface area (Å²) in [6, 6.07) is 7.57. The van der Waals surface area contributed by atoms with E-state index in [0.717, 1.165) is 5.56 Å². The number of hydrogen-bond donors (Lipinski definition) is 3. The number of carbonyl (C=O) groups excluding carboxylic acids is 1. The quantitative estimate of drug-likeness (QED) is 0.751. The third-order valence-electron chi connectivity index (χ3n) is 3.39. The standard InChI is InChI=1S/C18H29NO4/c1-12(2)13-7-6-8-14(11-13)16(21)15(20)9-10-19-17(22)23-18(3,4)5/h6-8,11-12,15-16,20-21H,9-10H2,1-5H3,(H,19,22). The number of carbonyl (C=O) groups is 1. The Morgan fingerprint density at radius 2 is 1.83 bits per heavy atom. The minimum atomic E-state index is -0.978. The lowest BCUT2D eigenvalue weighted by molar-refractivity contribution is 0.0122. The molecule has 1 aromatic carbocycles. The van der Waals surface area contributed by atoms with E-state index in [1.165, 1.54) is 0 Å². The molecule has 0 saturated heterocycles. The first kappa shape index (κ1) is 19.5. The average Bonchev–Trinajstić information content (AvgIpc) is 2.44. The van der Waals surface area contributed by atoms with Crippen molar-refractivity contribution in [1.82, 2.24) is 5.32 Å². The summed E-state index contributed by atoms with van der Waals surface area (Å²) in [4.78, 5) is 11.5. The maximum Gasteiger partial charge on any atom is 0.407 e. The highest BCUT2D eigenvalue weighted by Crippen LogP contribution is 2.23. The molecule has 0 bridgehead atoms. The van der Waals surface area contributed by atoms with Crippen molar-refractivity contribution < 1.29 is 19.7 Å². The summed E-state index contributed by atoms with van der Waals surface area (Å²) in [6.07, 6.45) is -2.21. The van der Waals surface area contributed by atoms with Gasteiger partial charge in [0.25, 0.3) is 0 Å². The fourth-order valence-corrected chi connectivity index (χ4v) is 2.12. The van der Waals surface area contributed by atoms with E-state index in [4.69, 9.17) is 4.74 Å². The first-order chi connectivity index (χ1) is 10.6. The molecule has 2 unspecified atom stereocenters. The van der Waals surface area contributed by atoms with Gasteiger partial charge in [0.05, 0.1) is 6.10 Å². The van der Waals surface area contributed by atoms with Gasteiger partial charge in [0, 0.05) is 6.54 Å². The highest BCUT2D eigenvalue weighted by molar-refractivity contribution is 5.67. The first-order valence-corrected chi connectivity index (χ1v) is 8.03. The molecule has 0 aromatic heterocycles. The van der Waals surface area contributed by atoms with Gasteiger partial charge in [0.15, 0.2) is 0 Å². The fourth-order valence-electron chi connectivity index (χ4n) is 2.12. The second kappa shape index (κ2) is 8.31. The summed E-state index contributed by atoms with van der Waals surface area (Å²) in [6.45, 7) is 9.74. The zero-order valence-electron chi connectivity index (χ0n) is 14.7. The third kappa shape index (κ3) is 7.01. The van der Waals surface area contributed by atoms with E-state index in [-0.39, 0.29) is 13.0 Å². The number of aliphatic hydroxyl groups is 2. The van der Waals surface area contributed by atoms with E-state index < -0.39 is 23.9 Å². The zero-order valence-corrected chi connectivity index (χ0v) is 14.7. The second-order valence-corrected chi connectivity index (χ2v) is 7.05. The Morgan fingerprint density at radius 1 is 1.22 bits per heavy atom. The maximum absolute atomic E-state index is 11.5. The van der Waals surface area contributed by atoms with E-state index in [0.29, 0.717) is 11.5 Å². The van der Waals surface area contributed by atoms with Crippen molar-refractivity contribution in [2.75, 3.05) is 6.54 Å². The molecular formula is C18H29NO4. The summed E-state index contributed by atoms with van der Waals surface area (Å²) in [7, 11) is 0. The number of aliphatic hydroxyl groups excluding tert-OH is 2. The van der Waals surface area contributed by atoms with Crippen LogP contribution in [-0.2, 0) is 4.74 Å². The summed E-state index contributed by atoms with van der Waals surface area (Å²) in [5, 5.41) is 22.9. The lowest BCUT2D eigenvalue weighted by atomic mass is 9.96. The van der Waals surface area contributed by atoms with Crippen LogP contribution in [0.2, 0.25) is 0 Å². The first-order valence-electron chi connectivity index (χ1n) is 8.03. The molecule has 0 aliphatic carbocycles. The van der Waals surface area contributed by atoms with Crippen LogP contribution in [0.4, 0.5) is 4.79 Å². The monoisotopic (exact) mass is 323 g/mol. The Kier molecular flexibility index (Phi) is 7.03. The van der Waals surface area contributed by atoms with Crippen LogP contribution in [0, 0.1) is 0 Å². The molecule has 0 aliphatic heterocycles. The highest BCUT2D eigenvalue weighted by Gasteiger charge is 2.20. The number of rotatable bonds is 6. The molecule has 1 amide bonds. The number of hydrogen-bond acceptors (Lipinski definition) is 4. The topological polar surface area (TPSA) is 78.8 Å². The Labute approximate surface area is 138 Å². The smallest absolute Gasteiger partial charge is 0.407 e. The molecule has 1 rings (SSSR count). The van der Waals surface area contributed by atoms with Gasteiger partial charge < -0.3 is 20.3 Å². The molecule has 2 atom stereocenters. The lowest BCUT2D eigenvalue weighted by Gasteiger charge is -2.21. The van der Waals surface area contributed by atoms with Gasteiger partial charge >= 0.3 is 6.09 Å². The van der Waals surface area contributed by atoms with Crippen molar-refractivity contribution in [3.63, 3.8) is 0 Å². The number of ether oxygens (including phenoxy) is 1. The van der Waals surface area contributed by atoms with Crippen LogP contribution < -0.4 is 5.32 Å². The lowest BCUT2D eigenvalue weighted by Crippen LogP contribution is -2.34. The summed E-state index contributed by atoms with van der Waals surface area (Å²) in [5.41, 5.74) is 1.24. The molecule has 23 heavy (non-hydrogen) atoms. The molecule has 0 radical (unpaired) electrons. The molecule has 130 valence electrons. The molecule has 0 aliphatic rings. The van der Waals surface area contributed by atoms with E-state index in [1.54, 1.807) is 26.8 Å². The van der Waals surface area contributed by atoms with Crippen LogP contribution in [-0.4, -0.2) is 34.6 Å². The fraction of sp³-hybridized carbons (Fsp3) is 0.611. The SMILES string of the molecule is CC(C)c1cccc(C(O)C(O)CCNC(=O)OC(C)(C)C)c1. The predicted molar refractivity (Wildman–Crippen MR) is 90.4 cm³/mol. The molecule has 3 N–H and O–H groups in total. The molecule has 5 heteroatoms. The summed E-state index contributed by atoms with van der Waals surface area (Å²) in [5.74, 6) is 0.355. The largest absolute Gasteiger partial charge is 0.444 e. The van der Waals surface area contributed by atoms with Gasteiger partial charge in [-0.3, -0.25) is 0 Å². The second-order valence-electron chi connectivity index (χ2n) is 7.05. The van der Waals surface area contributed by atoms with E-state index in [2.05, 4.69) is 19.2 Å².